The fraction of sp³-hybridized carbons (Fsp3) is 0.462. The molecule has 0 aromatic heterocycles. The molecule has 2 aliphatic heterocycles. The summed E-state index contributed by atoms with van der Waals surface area (Å²) in [6.45, 7) is 0.707. The number of benzene rings is 2. The molecule has 2 fully saturated rings. The molecule has 0 unspecified atom stereocenters. The van der Waals surface area contributed by atoms with Gasteiger partial charge in [-0.05, 0) is 0 Å². The molecule has 2 aromatic carbocycles. The first-order valence-electron chi connectivity index (χ1n) is 13.1. The Balaban J connectivity index is 1.60. The minimum Gasteiger partial charge on any atom is -0.633 e. The fourth-order valence-corrected chi connectivity index (χ4v) is 5.87. The first kappa shape index (κ1) is 28.1. The molecular formula is C26H28F4N4O6. The lowest BCUT2D eigenvalue weighted by Gasteiger charge is -2.39. The van der Waals surface area contributed by atoms with Crippen molar-refractivity contribution >= 4 is 22.9 Å². The second-order valence-corrected chi connectivity index (χ2v) is 10.6. The van der Waals surface area contributed by atoms with Crippen molar-refractivity contribution in [3.63, 3.8) is 0 Å². The Labute approximate surface area is 226 Å². The molecule has 1 aliphatic carbocycles. The Hall–Kier alpha value is -3.46. The lowest BCUT2D eigenvalue weighted by Crippen LogP contribution is -2.43. The van der Waals surface area contributed by atoms with E-state index in [1.54, 1.807) is 0 Å². The summed E-state index contributed by atoms with van der Waals surface area (Å²) >= 11 is 0. The molecule has 216 valence electrons. The van der Waals surface area contributed by atoms with Gasteiger partial charge in [-0.1, -0.05) is 0 Å². The van der Waals surface area contributed by atoms with E-state index in [0.717, 1.165) is 0 Å². The summed E-state index contributed by atoms with van der Waals surface area (Å²) in [7, 11) is 0. The van der Waals surface area contributed by atoms with Crippen LogP contribution in [0.4, 0.5) is 28.9 Å². The molecule has 0 amide bonds. The van der Waals surface area contributed by atoms with Crippen LogP contribution >= 0.6 is 0 Å². The molecule has 10 nitrogen and oxygen atoms in total. The van der Waals surface area contributed by atoms with E-state index < -0.39 is 89.3 Å². The quantitative estimate of drug-likeness (QED) is 0.140. The van der Waals surface area contributed by atoms with Crippen molar-refractivity contribution in [3.05, 3.63) is 55.9 Å². The summed E-state index contributed by atoms with van der Waals surface area (Å²) in [6, 6.07) is 0. The number of hydrogen-bond acceptors (Lipinski definition) is 8. The number of anilines is 2. The van der Waals surface area contributed by atoms with Crippen LogP contribution in [0.5, 0.6) is 11.5 Å². The molecule has 3 aliphatic rings. The minimum atomic E-state index is -2.00. The smallest absolute Gasteiger partial charge is 0.205 e. The summed E-state index contributed by atoms with van der Waals surface area (Å²) in [4.78, 5) is 27.1. The molecule has 0 radical (unpaired) electrons. The number of rotatable bonds is 8. The molecule has 2 aromatic rings. The molecule has 0 saturated carbocycles. The maximum atomic E-state index is 15.5. The number of ketones is 2. The van der Waals surface area contributed by atoms with Crippen molar-refractivity contribution in [1.29, 1.82) is 0 Å². The van der Waals surface area contributed by atoms with Crippen molar-refractivity contribution in [2.24, 2.45) is 0 Å². The predicted octanol–water partition coefficient (Wildman–Crippen LogP) is 3.47. The Morgan fingerprint density at radius 3 is 1.25 bits per heavy atom. The molecule has 0 spiro atoms. The highest BCUT2D eigenvalue weighted by Gasteiger charge is 2.43. The minimum absolute atomic E-state index is 0.0655. The van der Waals surface area contributed by atoms with E-state index in [2.05, 4.69) is 10.6 Å². The van der Waals surface area contributed by atoms with Crippen LogP contribution in [0.15, 0.2) is 0 Å². The zero-order valence-electron chi connectivity index (χ0n) is 21.4. The number of hydrogen-bond donors (Lipinski definition) is 4. The Morgan fingerprint density at radius 1 is 0.600 bits per heavy atom. The van der Waals surface area contributed by atoms with E-state index in [1.807, 2.05) is 0 Å². The SMILES string of the molecule is O=C1c2c(O)c(F)c(F)c(O)c2C(=O)c2c(NCC[N+]3([O-])CCCC3)c(F)c(F)c(NCC[N+]3([O-])CCCC3)c21. The summed E-state index contributed by atoms with van der Waals surface area (Å²) < 4.78 is 58.4. The summed E-state index contributed by atoms with van der Waals surface area (Å²) in [5.41, 5.74) is -5.40. The summed E-state index contributed by atoms with van der Waals surface area (Å²) in [6.07, 6.45) is 2.78. The van der Waals surface area contributed by atoms with E-state index in [0.29, 0.717) is 51.9 Å². The van der Waals surface area contributed by atoms with Crippen molar-refractivity contribution in [2.45, 2.75) is 25.7 Å². The predicted molar refractivity (Wildman–Crippen MR) is 135 cm³/mol. The van der Waals surface area contributed by atoms with Crippen LogP contribution in [-0.2, 0) is 0 Å². The third-order valence-corrected chi connectivity index (χ3v) is 8.03. The number of likely N-dealkylation sites (tertiary alicyclic amines) is 2. The van der Waals surface area contributed by atoms with Gasteiger partial charge < -0.3 is 40.6 Å². The number of hydroxylamine groups is 6. The van der Waals surface area contributed by atoms with Gasteiger partial charge in [0, 0.05) is 25.7 Å². The monoisotopic (exact) mass is 568 g/mol. The molecule has 5 rings (SSSR count). The van der Waals surface area contributed by atoms with Gasteiger partial charge in [0.1, 0.15) is 0 Å². The largest absolute Gasteiger partial charge is 0.633 e. The first-order chi connectivity index (χ1) is 18.9. The number of phenols is 2. The fourth-order valence-electron chi connectivity index (χ4n) is 5.87. The van der Waals surface area contributed by atoms with Crippen LogP contribution < -0.4 is 10.6 Å². The number of nitrogens with one attached hydrogen (secondary N) is 2. The topological polar surface area (TPSA) is 145 Å². The Morgan fingerprint density at radius 2 is 0.925 bits per heavy atom. The molecule has 14 heteroatoms. The van der Waals surface area contributed by atoms with Gasteiger partial charge >= 0.3 is 0 Å². The van der Waals surface area contributed by atoms with Crippen LogP contribution in [0.3, 0.4) is 0 Å². The molecule has 0 atom stereocenters. The standard InChI is InChI=1S/C26H28F4N4O6/c27-17-18(28)22(32-6-12-34(40)9-3-4-10-34)14-13(21(17)31-5-11-33(39)7-1-2-8-33)23(35)15-16(24(14)36)26(38)20(30)19(29)25(15)37/h31-32,37-38H,1-12H2. The van der Waals surface area contributed by atoms with Crippen molar-refractivity contribution in [2.75, 3.05) is 63.0 Å². The van der Waals surface area contributed by atoms with Crippen LogP contribution in [0.2, 0.25) is 0 Å². The number of quaternary nitrogens is 2. The van der Waals surface area contributed by atoms with Crippen LogP contribution in [-0.4, -0.2) is 83.4 Å². The third-order valence-electron chi connectivity index (χ3n) is 8.03. The van der Waals surface area contributed by atoms with Gasteiger partial charge in [0.05, 0.1) is 86.0 Å². The number of carbonyl (C=O) groups is 2. The second kappa shape index (κ2) is 10.2. The van der Waals surface area contributed by atoms with Crippen LogP contribution in [0.25, 0.3) is 0 Å². The second-order valence-electron chi connectivity index (χ2n) is 10.6. The van der Waals surface area contributed by atoms with E-state index in [-0.39, 0.29) is 26.2 Å². The molecule has 2 saturated heterocycles. The number of carbonyl (C=O) groups excluding carboxylic acids is 2. The number of fused-ring (bicyclic) bond motifs is 2. The van der Waals surface area contributed by atoms with Gasteiger partial charge in [-0.2, -0.15) is 8.78 Å². The summed E-state index contributed by atoms with van der Waals surface area (Å²) in [5, 5.41) is 50.9. The average molecular weight is 569 g/mol. The number of aromatic hydroxyl groups is 2. The normalized spacial score (nSPS) is 19.1. The highest BCUT2D eigenvalue weighted by atomic mass is 19.2. The highest BCUT2D eigenvalue weighted by molar-refractivity contribution is 6.33. The van der Waals surface area contributed by atoms with Gasteiger partial charge in [0.25, 0.3) is 0 Å². The van der Waals surface area contributed by atoms with Crippen LogP contribution in [0.1, 0.15) is 57.5 Å². The lowest BCUT2D eigenvalue weighted by molar-refractivity contribution is -0.866. The van der Waals surface area contributed by atoms with Gasteiger partial charge in [-0.3, -0.25) is 9.59 Å². The molecule has 2 heterocycles. The third kappa shape index (κ3) is 4.54. The zero-order valence-corrected chi connectivity index (χ0v) is 21.4. The molecule has 40 heavy (non-hydrogen) atoms. The first-order valence-corrected chi connectivity index (χ1v) is 13.1. The van der Waals surface area contributed by atoms with Crippen LogP contribution in [0, 0.1) is 33.7 Å². The average Bonchev–Trinajstić information content (AvgIpc) is 3.55. The van der Waals surface area contributed by atoms with E-state index >= 15 is 8.78 Å². The zero-order chi connectivity index (χ0) is 29.0. The summed E-state index contributed by atoms with van der Waals surface area (Å²) in [5.74, 6) is -13.1. The Kier molecular flexibility index (Phi) is 7.15. The van der Waals surface area contributed by atoms with Gasteiger partial charge in [-0.25, -0.2) is 8.78 Å². The van der Waals surface area contributed by atoms with Gasteiger partial charge in [0.2, 0.25) is 23.2 Å². The maximum Gasteiger partial charge on any atom is 0.205 e. The number of halogens is 4. The Bertz CT molecular complexity index is 1300. The van der Waals surface area contributed by atoms with E-state index in [9.17, 15) is 39.0 Å². The molecule has 4 N–H and O–H groups in total. The van der Waals surface area contributed by atoms with Gasteiger partial charge in [0.15, 0.2) is 23.1 Å². The van der Waals surface area contributed by atoms with Crippen molar-refractivity contribution in [1.82, 2.24) is 0 Å². The van der Waals surface area contributed by atoms with Crippen molar-refractivity contribution < 1.29 is 46.7 Å². The number of nitrogens with zero attached hydrogens (tertiary/aromatic N) is 2. The number of phenolic OH excluding ortho intramolecular Hbond substituents is 2. The van der Waals surface area contributed by atoms with E-state index in [1.165, 1.54) is 0 Å². The molecular weight excluding hydrogens is 540 g/mol. The van der Waals surface area contributed by atoms with Crippen molar-refractivity contribution in [3.8, 4) is 11.5 Å². The highest BCUT2D eigenvalue weighted by Crippen LogP contribution is 2.46. The van der Waals surface area contributed by atoms with E-state index in [4.69, 9.17) is 0 Å². The lowest BCUT2D eigenvalue weighted by atomic mass is 9.80. The molecule has 0 bridgehead atoms. The maximum absolute atomic E-state index is 15.5. The van der Waals surface area contributed by atoms with Gasteiger partial charge in [-0.15, -0.1) is 0 Å².